The molecule has 2 N–H and O–H groups in total. The number of hydrogen-bond acceptors (Lipinski definition) is 5. The monoisotopic (exact) mass is 370 g/mol. The number of anilines is 1. The summed E-state index contributed by atoms with van der Waals surface area (Å²) in [5.41, 5.74) is 0.0230. The van der Waals surface area contributed by atoms with Crippen LogP contribution >= 0.6 is 27.3 Å². The Balaban J connectivity index is 2.31. The fourth-order valence-electron chi connectivity index (χ4n) is 1.55. The average molecular weight is 371 g/mol. The van der Waals surface area contributed by atoms with Crippen LogP contribution in [0.3, 0.4) is 0 Å². The van der Waals surface area contributed by atoms with E-state index < -0.39 is 16.8 Å². The van der Waals surface area contributed by atoms with Crippen molar-refractivity contribution in [2.24, 2.45) is 0 Å². The lowest BCUT2D eigenvalue weighted by atomic mass is 10.2. The summed E-state index contributed by atoms with van der Waals surface area (Å²) in [7, 11) is 0. The number of nitrogens with zero attached hydrogens (tertiary/aromatic N) is 1. The van der Waals surface area contributed by atoms with Crippen molar-refractivity contribution in [2.75, 3.05) is 5.32 Å². The predicted octanol–water partition coefficient (Wildman–Crippen LogP) is 3.37. The van der Waals surface area contributed by atoms with Gasteiger partial charge in [0, 0.05) is 10.5 Å². The Kier molecular flexibility index (Phi) is 4.34. The Bertz CT molecular complexity index is 743. The molecule has 7 nitrogen and oxygen atoms in total. The Morgan fingerprint density at radius 2 is 2.00 bits per heavy atom. The van der Waals surface area contributed by atoms with Crippen molar-refractivity contribution < 1.29 is 19.6 Å². The molecule has 0 radical (unpaired) electrons. The first-order chi connectivity index (χ1) is 9.90. The van der Waals surface area contributed by atoms with E-state index in [1.54, 1.807) is 6.07 Å². The van der Waals surface area contributed by atoms with Crippen molar-refractivity contribution in [2.45, 2.75) is 0 Å². The van der Waals surface area contributed by atoms with Gasteiger partial charge >= 0.3 is 11.0 Å². The van der Waals surface area contributed by atoms with Gasteiger partial charge < -0.3 is 10.4 Å². The second-order valence-electron chi connectivity index (χ2n) is 3.82. The number of carboxylic acids is 1. The maximum atomic E-state index is 12.0. The highest BCUT2D eigenvalue weighted by Gasteiger charge is 2.19. The number of para-hydroxylation sites is 1. The number of halogens is 1. The molecule has 108 valence electrons. The second-order valence-corrected chi connectivity index (χ2v) is 5.73. The Labute approximate surface area is 130 Å². The number of benzene rings is 1. The van der Waals surface area contributed by atoms with E-state index in [9.17, 15) is 19.7 Å². The van der Waals surface area contributed by atoms with E-state index in [0.717, 1.165) is 0 Å². The first-order valence-corrected chi connectivity index (χ1v) is 7.08. The van der Waals surface area contributed by atoms with Crippen LogP contribution in [-0.4, -0.2) is 21.9 Å². The van der Waals surface area contributed by atoms with Crippen molar-refractivity contribution in [3.8, 4) is 0 Å². The van der Waals surface area contributed by atoms with Crippen LogP contribution in [-0.2, 0) is 0 Å². The highest BCUT2D eigenvalue weighted by Crippen LogP contribution is 2.29. The Morgan fingerprint density at radius 3 is 2.57 bits per heavy atom. The smallest absolute Gasteiger partial charge is 0.337 e. The average Bonchev–Trinajstić information content (AvgIpc) is 2.90. The molecule has 0 aliphatic carbocycles. The maximum Gasteiger partial charge on any atom is 0.337 e. The van der Waals surface area contributed by atoms with Gasteiger partial charge in [-0.05, 0) is 34.1 Å². The fourth-order valence-corrected chi connectivity index (χ4v) is 2.73. The van der Waals surface area contributed by atoms with Crippen LogP contribution in [0.15, 0.2) is 34.8 Å². The number of carboxylic acid groups (broad SMARTS) is 1. The summed E-state index contributed by atoms with van der Waals surface area (Å²) in [5, 5.41) is 22.0. The highest BCUT2D eigenvalue weighted by atomic mass is 79.9. The molecule has 9 heteroatoms. The fraction of sp³-hybridized carbons (Fsp3) is 0. The van der Waals surface area contributed by atoms with Gasteiger partial charge in [0.15, 0.2) is 0 Å². The highest BCUT2D eigenvalue weighted by molar-refractivity contribution is 9.10. The maximum absolute atomic E-state index is 12.0. The number of thiophene rings is 1. The minimum atomic E-state index is -1.19. The molecule has 0 bridgehead atoms. The molecule has 2 rings (SSSR count). The van der Waals surface area contributed by atoms with Crippen LogP contribution < -0.4 is 5.32 Å². The van der Waals surface area contributed by atoms with Gasteiger partial charge in [0.1, 0.15) is 0 Å². The van der Waals surface area contributed by atoms with Crippen LogP contribution in [0.25, 0.3) is 0 Å². The van der Waals surface area contributed by atoms with Gasteiger partial charge in [0.25, 0.3) is 5.91 Å². The normalized spacial score (nSPS) is 10.1. The topological polar surface area (TPSA) is 110 Å². The molecule has 0 aliphatic heterocycles. The molecule has 0 aliphatic rings. The number of hydrogen-bond donors (Lipinski definition) is 2. The van der Waals surface area contributed by atoms with Gasteiger partial charge in [-0.2, -0.15) is 0 Å². The molecular formula is C12H7BrN2O5S. The van der Waals surface area contributed by atoms with E-state index in [-0.39, 0.29) is 21.1 Å². The van der Waals surface area contributed by atoms with Gasteiger partial charge in [-0.15, -0.1) is 0 Å². The summed E-state index contributed by atoms with van der Waals surface area (Å²) in [6.45, 7) is 0. The largest absolute Gasteiger partial charge is 0.478 e. The Hall–Kier alpha value is -2.26. The molecule has 0 fully saturated rings. The van der Waals surface area contributed by atoms with Crippen LogP contribution in [0, 0.1) is 10.1 Å². The van der Waals surface area contributed by atoms with Crippen molar-refractivity contribution in [3.63, 3.8) is 0 Å². The SMILES string of the molecule is O=C(Nc1c(Br)cccc1C(=O)O)c1ccc([N+](=O)[O-])s1. The van der Waals surface area contributed by atoms with E-state index in [0.29, 0.717) is 15.8 Å². The second kappa shape index (κ2) is 6.02. The summed E-state index contributed by atoms with van der Waals surface area (Å²) < 4.78 is 0.404. The third-order valence-corrected chi connectivity index (χ3v) is 4.17. The van der Waals surface area contributed by atoms with Gasteiger partial charge in [0.2, 0.25) is 0 Å². The molecule has 1 amide bonds. The van der Waals surface area contributed by atoms with Crippen LogP contribution in [0.5, 0.6) is 0 Å². The number of carbonyl (C=O) groups excluding carboxylic acids is 1. The van der Waals surface area contributed by atoms with Crippen molar-refractivity contribution >= 4 is 49.8 Å². The number of rotatable bonds is 4. The number of nitro groups is 1. The van der Waals surface area contributed by atoms with Gasteiger partial charge in [-0.3, -0.25) is 14.9 Å². The van der Waals surface area contributed by atoms with Crippen LogP contribution in [0.4, 0.5) is 10.7 Å². The van der Waals surface area contributed by atoms with Crippen LogP contribution in [0.1, 0.15) is 20.0 Å². The summed E-state index contributed by atoms with van der Waals surface area (Å²) in [4.78, 5) is 33.3. The molecule has 0 saturated carbocycles. The van der Waals surface area contributed by atoms with E-state index in [2.05, 4.69) is 21.2 Å². The first-order valence-electron chi connectivity index (χ1n) is 5.47. The standard InChI is InChI=1S/C12H7BrN2O5S/c13-7-3-1-2-6(12(17)18)10(7)14-11(16)8-4-5-9(21-8)15(19)20/h1-5H,(H,14,16)(H,17,18). The van der Waals surface area contributed by atoms with E-state index in [4.69, 9.17) is 5.11 Å². The molecule has 1 aromatic carbocycles. The third-order valence-electron chi connectivity index (χ3n) is 2.48. The predicted molar refractivity (Wildman–Crippen MR) is 80.0 cm³/mol. The van der Waals surface area contributed by atoms with Crippen LogP contribution in [0.2, 0.25) is 0 Å². The van der Waals surface area contributed by atoms with E-state index >= 15 is 0 Å². The zero-order valence-electron chi connectivity index (χ0n) is 10.2. The molecule has 0 atom stereocenters. The van der Waals surface area contributed by atoms with Crippen molar-refractivity contribution in [1.82, 2.24) is 0 Å². The molecule has 0 saturated heterocycles. The molecular weight excluding hydrogens is 364 g/mol. The lowest BCUT2D eigenvalue weighted by Crippen LogP contribution is -2.14. The summed E-state index contributed by atoms with van der Waals surface area (Å²) >= 11 is 3.88. The third kappa shape index (κ3) is 3.26. The lowest BCUT2D eigenvalue weighted by molar-refractivity contribution is -0.380. The molecule has 0 unspecified atom stereocenters. The van der Waals surface area contributed by atoms with E-state index in [1.165, 1.54) is 24.3 Å². The molecule has 2 aromatic rings. The lowest BCUT2D eigenvalue weighted by Gasteiger charge is -2.09. The van der Waals surface area contributed by atoms with E-state index in [1.807, 2.05) is 0 Å². The zero-order valence-corrected chi connectivity index (χ0v) is 12.6. The van der Waals surface area contributed by atoms with Crippen molar-refractivity contribution in [3.05, 3.63) is 55.4 Å². The molecule has 1 aromatic heterocycles. The molecule has 0 spiro atoms. The van der Waals surface area contributed by atoms with Gasteiger partial charge in [0.05, 0.1) is 21.1 Å². The number of nitrogens with one attached hydrogen (secondary N) is 1. The summed E-state index contributed by atoms with van der Waals surface area (Å²) in [6.07, 6.45) is 0. The zero-order chi connectivity index (χ0) is 15.6. The molecule has 21 heavy (non-hydrogen) atoms. The number of aromatic carboxylic acids is 1. The first kappa shape index (κ1) is 15.1. The van der Waals surface area contributed by atoms with Gasteiger partial charge in [-0.1, -0.05) is 17.4 Å². The van der Waals surface area contributed by atoms with Crippen molar-refractivity contribution in [1.29, 1.82) is 0 Å². The number of amides is 1. The minimum Gasteiger partial charge on any atom is -0.478 e. The molecule has 1 heterocycles. The summed E-state index contributed by atoms with van der Waals surface area (Å²) in [5.74, 6) is -1.80. The minimum absolute atomic E-state index is 0.0798. The summed E-state index contributed by atoms with van der Waals surface area (Å²) in [6, 6.07) is 6.99. The van der Waals surface area contributed by atoms with Gasteiger partial charge in [-0.25, -0.2) is 4.79 Å². The Morgan fingerprint density at radius 1 is 1.29 bits per heavy atom. The number of carbonyl (C=O) groups is 2. The quantitative estimate of drug-likeness (QED) is 0.633.